The van der Waals surface area contributed by atoms with E-state index in [0.717, 1.165) is 37.5 Å². The molecule has 116 valence electrons. The minimum absolute atomic E-state index is 0.221. The predicted octanol–water partition coefficient (Wildman–Crippen LogP) is 3.12. The largest absolute Gasteiger partial charge is 0.469 e. The number of nitrogens with one attached hydrogen (secondary N) is 1. The second kappa shape index (κ2) is 7.41. The summed E-state index contributed by atoms with van der Waals surface area (Å²) >= 11 is 0. The number of rotatable bonds is 8. The third-order valence-electron chi connectivity index (χ3n) is 3.54. The normalized spacial score (nSPS) is 13.0. The minimum atomic E-state index is 0.221. The molecule has 0 saturated carbocycles. The molecule has 0 amide bonds. The molecule has 2 rings (SSSR count). The van der Waals surface area contributed by atoms with E-state index in [4.69, 9.17) is 4.42 Å². The van der Waals surface area contributed by atoms with Gasteiger partial charge in [0.25, 0.3) is 0 Å². The van der Waals surface area contributed by atoms with E-state index in [9.17, 15) is 0 Å². The fourth-order valence-corrected chi connectivity index (χ4v) is 2.49. The fourth-order valence-electron chi connectivity index (χ4n) is 2.49. The highest BCUT2D eigenvalue weighted by molar-refractivity contribution is 5.21. The number of aromatic nitrogens is 3. The monoisotopic (exact) mass is 290 g/mol. The van der Waals surface area contributed by atoms with Gasteiger partial charge in [-0.2, -0.15) is 5.10 Å². The van der Waals surface area contributed by atoms with Crippen LogP contribution in [0, 0.1) is 12.8 Å². The van der Waals surface area contributed by atoms with Crippen LogP contribution in [-0.4, -0.2) is 21.3 Å². The average molecular weight is 290 g/mol. The molecule has 1 unspecified atom stereocenters. The Kier molecular flexibility index (Phi) is 5.56. The van der Waals surface area contributed by atoms with Crippen LogP contribution in [0.4, 0.5) is 0 Å². The van der Waals surface area contributed by atoms with Gasteiger partial charge in [0.05, 0.1) is 6.26 Å². The first-order valence-electron chi connectivity index (χ1n) is 7.75. The van der Waals surface area contributed by atoms with E-state index in [1.807, 2.05) is 17.7 Å². The third kappa shape index (κ3) is 4.17. The molecule has 0 bridgehead atoms. The second-order valence-electron chi connectivity index (χ2n) is 5.90. The van der Waals surface area contributed by atoms with Crippen molar-refractivity contribution in [3.63, 3.8) is 0 Å². The molecule has 2 heterocycles. The van der Waals surface area contributed by atoms with Gasteiger partial charge in [0.1, 0.15) is 17.9 Å². The summed E-state index contributed by atoms with van der Waals surface area (Å²) < 4.78 is 7.47. The van der Waals surface area contributed by atoms with E-state index in [-0.39, 0.29) is 6.04 Å². The van der Waals surface area contributed by atoms with Gasteiger partial charge in [-0.15, -0.1) is 0 Å². The molecular formula is C16H26N4O. The molecule has 0 aliphatic carbocycles. The maximum Gasteiger partial charge on any atom is 0.138 e. The van der Waals surface area contributed by atoms with Crippen molar-refractivity contribution in [1.82, 2.24) is 20.1 Å². The van der Waals surface area contributed by atoms with Gasteiger partial charge in [0.15, 0.2) is 0 Å². The highest BCUT2D eigenvalue weighted by Gasteiger charge is 2.19. The molecule has 0 aliphatic heterocycles. The van der Waals surface area contributed by atoms with Crippen LogP contribution in [-0.2, 0) is 13.0 Å². The summed E-state index contributed by atoms with van der Waals surface area (Å²) in [6.07, 6.45) is 5.33. The summed E-state index contributed by atoms with van der Waals surface area (Å²) in [4.78, 5) is 4.44. The van der Waals surface area contributed by atoms with Crippen molar-refractivity contribution in [3.8, 4) is 0 Å². The number of nitrogens with zero attached hydrogens (tertiary/aromatic N) is 3. The zero-order valence-electron chi connectivity index (χ0n) is 13.5. The SMILES string of the molecule is CCCNC(Cc1ncnn1CC(C)C)c1ccoc1C. The molecule has 0 fully saturated rings. The van der Waals surface area contributed by atoms with Gasteiger partial charge in [-0.05, 0) is 31.9 Å². The number of furan rings is 1. The highest BCUT2D eigenvalue weighted by atomic mass is 16.3. The summed E-state index contributed by atoms with van der Waals surface area (Å²) in [5.41, 5.74) is 1.21. The van der Waals surface area contributed by atoms with Crippen molar-refractivity contribution >= 4 is 0 Å². The van der Waals surface area contributed by atoms with Crippen LogP contribution in [0.2, 0.25) is 0 Å². The van der Waals surface area contributed by atoms with Crippen molar-refractivity contribution in [3.05, 3.63) is 35.8 Å². The smallest absolute Gasteiger partial charge is 0.138 e. The van der Waals surface area contributed by atoms with Crippen molar-refractivity contribution < 1.29 is 4.42 Å². The lowest BCUT2D eigenvalue weighted by Gasteiger charge is -2.18. The molecule has 5 nitrogen and oxygen atoms in total. The quantitative estimate of drug-likeness (QED) is 0.811. The Hall–Kier alpha value is -1.62. The predicted molar refractivity (Wildman–Crippen MR) is 83.0 cm³/mol. The van der Waals surface area contributed by atoms with Crippen LogP contribution in [0.5, 0.6) is 0 Å². The van der Waals surface area contributed by atoms with Gasteiger partial charge < -0.3 is 9.73 Å². The summed E-state index contributed by atoms with van der Waals surface area (Å²) in [6, 6.07) is 2.27. The molecule has 0 radical (unpaired) electrons. The first-order chi connectivity index (χ1) is 10.1. The summed E-state index contributed by atoms with van der Waals surface area (Å²) in [5.74, 6) is 2.56. The lowest BCUT2D eigenvalue weighted by molar-refractivity contribution is 0.439. The topological polar surface area (TPSA) is 55.9 Å². The van der Waals surface area contributed by atoms with Crippen LogP contribution in [0.25, 0.3) is 0 Å². The molecule has 21 heavy (non-hydrogen) atoms. The molecule has 0 aliphatic rings. The Balaban J connectivity index is 2.15. The molecule has 1 N–H and O–H groups in total. The summed E-state index contributed by atoms with van der Waals surface area (Å²) in [6.45, 7) is 10.5. The Labute approximate surface area is 126 Å². The zero-order valence-corrected chi connectivity index (χ0v) is 13.5. The minimum Gasteiger partial charge on any atom is -0.469 e. The number of aryl methyl sites for hydroxylation is 1. The van der Waals surface area contributed by atoms with E-state index in [1.165, 1.54) is 5.56 Å². The van der Waals surface area contributed by atoms with Crippen molar-refractivity contribution in [2.75, 3.05) is 6.54 Å². The van der Waals surface area contributed by atoms with Crippen LogP contribution >= 0.6 is 0 Å². The highest BCUT2D eigenvalue weighted by Crippen LogP contribution is 2.22. The number of hydrogen-bond donors (Lipinski definition) is 1. The van der Waals surface area contributed by atoms with Gasteiger partial charge in [-0.1, -0.05) is 20.8 Å². The first-order valence-corrected chi connectivity index (χ1v) is 7.75. The Morgan fingerprint density at radius 2 is 2.19 bits per heavy atom. The Morgan fingerprint density at radius 1 is 1.38 bits per heavy atom. The van der Waals surface area contributed by atoms with Gasteiger partial charge >= 0.3 is 0 Å². The first kappa shape index (κ1) is 15.8. The summed E-state index contributed by atoms with van der Waals surface area (Å²) in [7, 11) is 0. The number of hydrogen-bond acceptors (Lipinski definition) is 4. The van der Waals surface area contributed by atoms with Gasteiger partial charge in [-0.3, -0.25) is 0 Å². The molecule has 0 aromatic carbocycles. The van der Waals surface area contributed by atoms with Crippen LogP contribution in [0.1, 0.15) is 50.4 Å². The van der Waals surface area contributed by atoms with E-state index in [2.05, 4.69) is 36.2 Å². The molecular weight excluding hydrogens is 264 g/mol. The lowest BCUT2D eigenvalue weighted by atomic mass is 10.0. The van der Waals surface area contributed by atoms with E-state index in [1.54, 1.807) is 12.6 Å². The van der Waals surface area contributed by atoms with E-state index in [0.29, 0.717) is 5.92 Å². The van der Waals surface area contributed by atoms with Gasteiger partial charge in [-0.25, -0.2) is 9.67 Å². The average Bonchev–Trinajstić information content (AvgIpc) is 3.03. The Bertz CT molecular complexity index is 544. The molecule has 2 aromatic heterocycles. The van der Waals surface area contributed by atoms with Crippen LogP contribution in [0.3, 0.4) is 0 Å². The molecule has 2 aromatic rings. The van der Waals surface area contributed by atoms with Crippen molar-refractivity contribution in [2.24, 2.45) is 5.92 Å². The summed E-state index contributed by atoms with van der Waals surface area (Å²) in [5, 5.41) is 7.94. The third-order valence-corrected chi connectivity index (χ3v) is 3.54. The standard InChI is InChI=1S/C16H26N4O/c1-5-7-17-15(14-6-8-21-13(14)4)9-16-18-11-19-20(16)10-12(2)3/h6,8,11-12,15,17H,5,7,9-10H2,1-4H3. The second-order valence-corrected chi connectivity index (χ2v) is 5.90. The van der Waals surface area contributed by atoms with Gasteiger partial charge in [0, 0.05) is 24.6 Å². The van der Waals surface area contributed by atoms with Crippen molar-refractivity contribution in [2.45, 2.75) is 53.1 Å². The molecule has 0 spiro atoms. The Morgan fingerprint density at radius 3 is 2.81 bits per heavy atom. The van der Waals surface area contributed by atoms with Crippen LogP contribution < -0.4 is 5.32 Å². The maximum absolute atomic E-state index is 5.46. The molecule has 1 atom stereocenters. The fraction of sp³-hybridized carbons (Fsp3) is 0.625. The lowest BCUT2D eigenvalue weighted by Crippen LogP contribution is -2.26. The maximum atomic E-state index is 5.46. The van der Waals surface area contributed by atoms with E-state index >= 15 is 0 Å². The molecule has 0 saturated heterocycles. The van der Waals surface area contributed by atoms with E-state index < -0.39 is 0 Å². The van der Waals surface area contributed by atoms with Gasteiger partial charge in [0.2, 0.25) is 0 Å². The molecule has 5 heteroatoms. The van der Waals surface area contributed by atoms with Crippen molar-refractivity contribution in [1.29, 1.82) is 0 Å². The van der Waals surface area contributed by atoms with Crippen LogP contribution in [0.15, 0.2) is 23.1 Å². The zero-order chi connectivity index (χ0) is 15.2.